The minimum Gasteiger partial charge on any atom is -0.374 e. The van der Waals surface area contributed by atoms with Gasteiger partial charge in [0.05, 0.1) is 18.9 Å². The molecule has 1 saturated heterocycles. The second-order valence-corrected chi connectivity index (χ2v) is 6.73. The maximum atomic E-state index is 5.87. The first-order valence-electron chi connectivity index (χ1n) is 8.69. The molecule has 0 radical (unpaired) electrons. The molecule has 3 heterocycles. The van der Waals surface area contributed by atoms with Crippen molar-refractivity contribution in [3.05, 3.63) is 11.4 Å². The van der Waals surface area contributed by atoms with Gasteiger partial charge in [-0.2, -0.15) is 0 Å². The summed E-state index contributed by atoms with van der Waals surface area (Å²) in [6, 6.07) is 0.561. The molecule has 0 unspecified atom stereocenters. The van der Waals surface area contributed by atoms with E-state index in [0.29, 0.717) is 12.6 Å². The van der Waals surface area contributed by atoms with Crippen LogP contribution in [0, 0.1) is 0 Å². The lowest BCUT2D eigenvalue weighted by atomic mass is 10.2. The Hall–Kier alpha value is -0.980. The summed E-state index contributed by atoms with van der Waals surface area (Å²) in [5.74, 6) is 0. The van der Waals surface area contributed by atoms with E-state index in [1.165, 1.54) is 31.6 Å². The van der Waals surface area contributed by atoms with Gasteiger partial charge in [0.15, 0.2) is 0 Å². The molecule has 6 nitrogen and oxygen atoms in total. The molecule has 2 aliphatic heterocycles. The second kappa shape index (κ2) is 7.53. The van der Waals surface area contributed by atoms with E-state index in [1.54, 1.807) is 0 Å². The smallest absolute Gasteiger partial charge is 0.113 e. The number of aromatic nitrogens is 3. The van der Waals surface area contributed by atoms with Crippen LogP contribution in [0.2, 0.25) is 0 Å². The highest BCUT2D eigenvalue weighted by Gasteiger charge is 2.21. The van der Waals surface area contributed by atoms with Crippen molar-refractivity contribution < 1.29 is 4.74 Å². The highest BCUT2D eigenvalue weighted by molar-refractivity contribution is 5.10. The van der Waals surface area contributed by atoms with E-state index < -0.39 is 0 Å². The summed E-state index contributed by atoms with van der Waals surface area (Å²) in [7, 11) is 0. The highest BCUT2D eigenvalue weighted by Crippen LogP contribution is 2.17. The van der Waals surface area contributed by atoms with Gasteiger partial charge in [-0.25, -0.2) is 4.68 Å². The van der Waals surface area contributed by atoms with Crippen molar-refractivity contribution in [3.8, 4) is 0 Å². The van der Waals surface area contributed by atoms with Crippen molar-refractivity contribution in [2.75, 3.05) is 32.8 Å². The first-order chi connectivity index (χ1) is 10.7. The molecule has 2 aliphatic rings. The first kappa shape index (κ1) is 15.9. The Labute approximate surface area is 133 Å². The van der Waals surface area contributed by atoms with Gasteiger partial charge in [-0.05, 0) is 46.2 Å². The van der Waals surface area contributed by atoms with E-state index in [0.717, 1.165) is 44.9 Å². The van der Waals surface area contributed by atoms with Crippen LogP contribution in [0.3, 0.4) is 0 Å². The van der Waals surface area contributed by atoms with Gasteiger partial charge in [-0.15, -0.1) is 5.10 Å². The third-order valence-electron chi connectivity index (χ3n) is 4.81. The summed E-state index contributed by atoms with van der Waals surface area (Å²) in [5.41, 5.74) is 2.27. The van der Waals surface area contributed by atoms with Crippen LogP contribution in [0.25, 0.3) is 0 Å². The normalized spacial score (nSPS) is 20.5. The van der Waals surface area contributed by atoms with Crippen molar-refractivity contribution in [2.24, 2.45) is 0 Å². The molecular formula is C16H29N5O. The predicted molar refractivity (Wildman–Crippen MR) is 85.5 cm³/mol. The first-order valence-corrected chi connectivity index (χ1v) is 8.69. The molecule has 6 heteroatoms. The highest BCUT2D eigenvalue weighted by atomic mass is 16.5. The number of ether oxygens (including phenoxy) is 1. The van der Waals surface area contributed by atoms with Crippen LogP contribution in [-0.4, -0.2) is 63.6 Å². The summed E-state index contributed by atoms with van der Waals surface area (Å²) in [6.45, 7) is 12.4. The van der Waals surface area contributed by atoms with Crippen LogP contribution in [-0.2, 0) is 24.4 Å². The average molecular weight is 307 g/mol. The lowest BCUT2D eigenvalue weighted by molar-refractivity contribution is 0.0958. The maximum Gasteiger partial charge on any atom is 0.113 e. The molecule has 0 saturated carbocycles. The van der Waals surface area contributed by atoms with Crippen molar-refractivity contribution in [1.29, 1.82) is 0 Å². The predicted octanol–water partition coefficient (Wildman–Crippen LogP) is 1.50. The molecule has 0 aromatic carbocycles. The van der Waals surface area contributed by atoms with Gasteiger partial charge >= 0.3 is 0 Å². The number of fused-ring (bicyclic) bond motifs is 1. The van der Waals surface area contributed by atoms with Crippen LogP contribution in [0.1, 0.15) is 44.5 Å². The third kappa shape index (κ3) is 3.86. The lowest BCUT2D eigenvalue weighted by Gasteiger charge is -2.24. The molecule has 0 amide bonds. The van der Waals surface area contributed by atoms with Gasteiger partial charge < -0.3 is 9.64 Å². The van der Waals surface area contributed by atoms with Crippen molar-refractivity contribution in [3.63, 3.8) is 0 Å². The van der Waals surface area contributed by atoms with Crippen molar-refractivity contribution >= 4 is 0 Å². The van der Waals surface area contributed by atoms with Gasteiger partial charge in [0.1, 0.15) is 5.69 Å². The maximum absolute atomic E-state index is 5.87. The fourth-order valence-corrected chi connectivity index (χ4v) is 3.34. The molecule has 22 heavy (non-hydrogen) atoms. The van der Waals surface area contributed by atoms with E-state index in [4.69, 9.17) is 4.74 Å². The minimum absolute atomic E-state index is 0.561. The Balaban J connectivity index is 1.52. The number of rotatable bonds is 6. The van der Waals surface area contributed by atoms with Crippen LogP contribution < -0.4 is 0 Å². The zero-order chi connectivity index (χ0) is 15.4. The Kier molecular flexibility index (Phi) is 5.44. The molecule has 0 N–H and O–H groups in total. The molecule has 1 aromatic rings. The zero-order valence-electron chi connectivity index (χ0n) is 14.0. The fourth-order valence-electron chi connectivity index (χ4n) is 3.34. The third-order valence-corrected chi connectivity index (χ3v) is 4.81. The second-order valence-electron chi connectivity index (χ2n) is 6.73. The number of hydrogen-bond donors (Lipinski definition) is 0. The Morgan fingerprint density at radius 1 is 1.09 bits per heavy atom. The van der Waals surface area contributed by atoms with Gasteiger partial charge in [-0.3, -0.25) is 4.90 Å². The number of hydrogen-bond acceptors (Lipinski definition) is 5. The number of nitrogens with zero attached hydrogens (tertiary/aromatic N) is 5. The van der Waals surface area contributed by atoms with Gasteiger partial charge in [0.2, 0.25) is 0 Å². The molecule has 3 rings (SSSR count). The zero-order valence-corrected chi connectivity index (χ0v) is 14.0. The quantitative estimate of drug-likeness (QED) is 0.746. The van der Waals surface area contributed by atoms with E-state index in [9.17, 15) is 0 Å². The minimum atomic E-state index is 0.561. The Bertz CT molecular complexity index is 467. The number of aryl methyl sites for hydroxylation is 1. The van der Waals surface area contributed by atoms with E-state index >= 15 is 0 Å². The molecule has 1 fully saturated rings. The van der Waals surface area contributed by atoms with Crippen LogP contribution in [0.15, 0.2) is 0 Å². The van der Waals surface area contributed by atoms with Crippen molar-refractivity contribution in [1.82, 2.24) is 24.8 Å². The van der Waals surface area contributed by atoms with Gasteiger partial charge in [0.25, 0.3) is 0 Å². The molecule has 0 atom stereocenters. The molecule has 1 aromatic heterocycles. The van der Waals surface area contributed by atoms with Crippen molar-refractivity contribution in [2.45, 2.75) is 58.8 Å². The topological polar surface area (TPSA) is 46.4 Å². The molecule has 0 aliphatic carbocycles. The van der Waals surface area contributed by atoms with Gasteiger partial charge in [0, 0.05) is 32.2 Å². The molecule has 0 bridgehead atoms. The van der Waals surface area contributed by atoms with Crippen LogP contribution in [0.5, 0.6) is 0 Å². The Morgan fingerprint density at radius 2 is 1.91 bits per heavy atom. The molecule has 0 spiro atoms. The largest absolute Gasteiger partial charge is 0.374 e. The summed E-state index contributed by atoms with van der Waals surface area (Å²) < 4.78 is 7.94. The standard InChI is InChI=1S/C16H29N5O/c1-14(2)20-8-5-9-21-16(12-20)15(17-18-21)13-22-11-10-19-6-3-4-7-19/h14H,3-13H2,1-2H3. The Morgan fingerprint density at radius 3 is 2.68 bits per heavy atom. The summed E-state index contributed by atoms with van der Waals surface area (Å²) in [4.78, 5) is 4.97. The van der Waals surface area contributed by atoms with Crippen LogP contribution >= 0.6 is 0 Å². The summed E-state index contributed by atoms with van der Waals surface area (Å²) in [5, 5.41) is 8.67. The van der Waals surface area contributed by atoms with E-state index in [1.807, 2.05) is 0 Å². The number of likely N-dealkylation sites (tertiary alicyclic amines) is 1. The average Bonchev–Trinajstić information content (AvgIpc) is 3.09. The fraction of sp³-hybridized carbons (Fsp3) is 0.875. The molecular weight excluding hydrogens is 278 g/mol. The van der Waals surface area contributed by atoms with Gasteiger partial charge in [-0.1, -0.05) is 5.21 Å². The molecule has 124 valence electrons. The summed E-state index contributed by atoms with van der Waals surface area (Å²) in [6.07, 6.45) is 3.82. The lowest BCUT2D eigenvalue weighted by Crippen LogP contribution is -2.30. The van der Waals surface area contributed by atoms with E-state index in [-0.39, 0.29) is 0 Å². The SMILES string of the molecule is CC(C)N1CCCn2nnc(COCCN3CCCC3)c2C1. The summed E-state index contributed by atoms with van der Waals surface area (Å²) >= 11 is 0. The monoisotopic (exact) mass is 307 g/mol. The van der Waals surface area contributed by atoms with Crippen LogP contribution in [0.4, 0.5) is 0 Å². The van der Waals surface area contributed by atoms with E-state index in [2.05, 4.69) is 38.6 Å².